The molecule has 1 heterocycles. The zero-order chi connectivity index (χ0) is 11.3. The van der Waals surface area contributed by atoms with Crippen molar-refractivity contribution in [1.29, 1.82) is 0 Å². The minimum absolute atomic E-state index is 0.00542. The number of hydrogen-bond acceptors (Lipinski definition) is 3. The molecular formula is C10H19N3O2. The third kappa shape index (κ3) is 3.51. The normalized spacial score (nSPS) is 22.9. The van der Waals surface area contributed by atoms with Gasteiger partial charge >= 0.3 is 0 Å². The Morgan fingerprint density at radius 1 is 1.47 bits per heavy atom. The van der Waals surface area contributed by atoms with Crippen LogP contribution in [0, 0.1) is 5.92 Å². The molecule has 2 unspecified atom stereocenters. The van der Waals surface area contributed by atoms with Gasteiger partial charge in [-0.1, -0.05) is 0 Å². The van der Waals surface area contributed by atoms with E-state index in [2.05, 4.69) is 16.0 Å². The van der Waals surface area contributed by atoms with E-state index in [-0.39, 0.29) is 17.7 Å². The molecule has 0 saturated carbocycles. The zero-order valence-corrected chi connectivity index (χ0v) is 9.30. The van der Waals surface area contributed by atoms with Crippen molar-refractivity contribution in [3.63, 3.8) is 0 Å². The molecule has 15 heavy (non-hydrogen) atoms. The maximum Gasteiger partial charge on any atom is 0.242 e. The lowest BCUT2D eigenvalue weighted by molar-refractivity contribution is -0.130. The molecule has 1 saturated heterocycles. The Labute approximate surface area is 90.0 Å². The molecule has 0 aromatic rings. The molecule has 1 aliphatic heterocycles. The van der Waals surface area contributed by atoms with Crippen molar-refractivity contribution in [2.75, 3.05) is 20.1 Å². The Bertz CT molecular complexity index is 237. The minimum atomic E-state index is -0.454. The zero-order valence-electron chi connectivity index (χ0n) is 9.30. The van der Waals surface area contributed by atoms with E-state index in [1.165, 1.54) is 0 Å². The molecule has 0 spiro atoms. The highest BCUT2D eigenvalue weighted by Crippen LogP contribution is 2.09. The lowest BCUT2D eigenvalue weighted by Crippen LogP contribution is -2.48. The second kappa shape index (κ2) is 5.70. The third-order valence-electron chi connectivity index (χ3n) is 2.67. The average molecular weight is 213 g/mol. The summed E-state index contributed by atoms with van der Waals surface area (Å²) in [7, 11) is 1.56. The molecule has 0 bridgehead atoms. The highest BCUT2D eigenvalue weighted by Gasteiger charge is 2.23. The summed E-state index contributed by atoms with van der Waals surface area (Å²) >= 11 is 0. The Morgan fingerprint density at radius 2 is 2.20 bits per heavy atom. The first-order valence-electron chi connectivity index (χ1n) is 5.38. The maximum absolute atomic E-state index is 11.7. The van der Waals surface area contributed by atoms with Gasteiger partial charge < -0.3 is 16.0 Å². The molecule has 5 nitrogen and oxygen atoms in total. The summed E-state index contributed by atoms with van der Waals surface area (Å²) < 4.78 is 0. The summed E-state index contributed by atoms with van der Waals surface area (Å²) in [6.45, 7) is 3.38. The molecule has 2 atom stereocenters. The first-order valence-corrected chi connectivity index (χ1v) is 5.38. The molecule has 0 aliphatic carbocycles. The van der Waals surface area contributed by atoms with Crippen LogP contribution in [-0.2, 0) is 9.59 Å². The number of nitrogens with one attached hydrogen (secondary N) is 3. The molecule has 1 aliphatic rings. The first-order chi connectivity index (χ1) is 7.15. The fourth-order valence-electron chi connectivity index (χ4n) is 1.69. The minimum Gasteiger partial charge on any atom is -0.357 e. The van der Waals surface area contributed by atoms with E-state index in [1.54, 1.807) is 14.0 Å². The van der Waals surface area contributed by atoms with Gasteiger partial charge in [0.1, 0.15) is 6.04 Å². The van der Waals surface area contributed by atoms with Crippen molar-refractivity contribution in [1.82, 2.24) is 16.0 Å². The van der Waals surface area contributed by atoms with Crippen molar-refractivity contribution < 1.29 is 9.59 Å². The van der Waals surface area contributed by atoms with Gasteiger partial charge in [0.25, 0.3) is 0 Å². The van der Waals surface area contributed by atoms with Crippen LogP contribution in [0.25, 0.3) is 0 Å². The second-order valence-electron chi connectivity index (χ2n) is 3.89. The van der Waals surface area contributed by atoms with Crippen LogP contribution in [0.2, 0.25) is 0 Å². The fourth-order valence-corrected chi connectivity index (χ4v) is 1.69. The van der Waals surface area contributed by atoms with E-state index in [4.69, 9.17) is 0 Å². The van der Waals surface area contributed by atoms with Gasteiger partial charge in [0.15, 0.2) is 0 Å². The van der Waals surface area contributed by atoms with Gasteiger partial charge in [-0.15, -0.1) is 0 Å². The number of piperidine rings is 1. The summed E-state index contributed by atoms with van der Waals surface area (Å²) in [5.74, 6) is -0.184. The van der Waals surface area contributed by atoms with Crippen LogP contribution in [-0.4, -0.2) is 38.0 Å². The van der Waals surface area contributed by atoms with Gasteiger partial charge in [-0.2, -0.15) is 0 Å². The summed E-state index contributed by atoms with van der Waals surface area (Å²) in [6.07, 6.45) is 1.92. The standard InChI is InChI=1S/C10H19N3O2/c1-7(9(14)11-2)13-10(15)8-4-3-5-12-6-8/h7-8,12H,3-6H2,1-2H3,(H,11,14)(H,13,15). The monoisotopic (exact) mass is 213 g/mol. The SMILES string of the molecule is CNC(=O)C(C)NC(=O)C1CCCNC1. The van der Waals surface area contributed by atoms with Gasteiger partial charge in [0.2, 0.25) is 11.8 Å². The van der Waals surface area contributed by atoms with Gasteiger partial charge in [0.05, 0.1) is 5.92 Å². The Kier molecular flexibility index (Phi) is 4.55. The molecule has 0 aromatic heterocycles. The average Bonchev–Trinajstić information content (AvgIpc) is 2.29. The largest absolute Gasteiger partial charge is 0.357 e. The fraction of sp³-hybridized carbons (Fsp3) is 0.800. The predicted molar refractivity (Wildman–Crippen MR) is 57.3 cm³/mol. The molecule has 0 radical (unpaired) electrons. The summed E-state index contributed by atoms with van der Waals surface area (Å²) in [5.41, 5.74) is 0. The van der Waals surface area contributed by atoms with Crippen molar-refractivity contribution >= 4 is 11.8 Å². The Hall–Kier alpha value is -1.10. The first kappa shape index (κ1) is 12.0. The van der Waals surface area contributed by atoms with Gasteiger partial charge in [-0.3, -0.25) is 9.59 Å². The molecular weight excluding hydrogens is 194 g/mol. The molecule has 0 aromatic carbocycles. The van der Waals surface area contributed by atoms with Crippen LogP contribution in [0.3, 0.4) is 0 Å². The topological polar surface area (TPSA) is 70.2 Å². The lowest BCUT2D eigenvalue weighted by atomic mass is 9.98. The molecule has 2 amide bonds. The summed E-state index contributed by atoms with van der Waals surface area (Å²) in [5, 5.41) is 8.38. The van der Waals surface area contributed by atoms with Gasteiger partial charge in [0, 0.05) is 13.6 Å². The maximum atomic E-state index is 11.7. The van der Waals surface area contributed by atoms with Gasteiger partial charge in [-0.25, -0.2) is 0 Å². The summed E-state index contributed by atoms with van der Waals surface area (Å²) in [4.78, 5) is 22.9. The van der Waals surface area contributed by atoms with Crippen LogP contribution in [0.1, 0.15) is 19.8 Å². The Balaban J connectivity index is 2.36. The lowest BCUT2D eigenvalue weighted by Gasteiger charge is -2.23. The molecule has 1 rings (SSSR count). The number of amides is 2. The highest BCUT2D eigenvalue weighted by atomic mass is 16.2. The highest BCUT2D eigenvalue weighted by molar-refractivity contribution is 5.88. The van der Waals surface area contributed by atoms with E-state index in [0.29, 0.717) is 6.54 Å². The van der Waals surface area contributed by atoms with E-state index >= 15 is 0 Å². The van der Waals surface area contributed by atoms with E-state index < -0.39 is 6.04 Å². The Morgan fingerprint density at radius 3 is 2.73 bits per heavy atom. The van der Waals surface area contributed by atoms with Crippen LogP contribution >= 0.6 is 0 Å². The van der Waals surface area contributed by atoms with Crippen molar-refractivity contribution in [2.24, 2.45) is 5.92 Å². The van der Waals surface area contributed by atoms with E-state index in [0.717, 1.165) is 19.4 Å². The van der Waals surface area contributed by atoms with Crippen LogP contribution in [0.5, 0.6) is 0 Å². The number of hydrogen-bond donors (Lipinski definition) is 3. The smallest absolute Gasteiger partial charge is 0.242 e. The number of carbonyl (C=O) groups excluding carboxylic acids is 2. The second-order valence-corrected chi connectivity index (χ2v) is 3.89. The van der Waals surface area contributed by atoms with Crippen molar-refractivity contribution in [3.05, 3.63) is 0 Å². The summed E-state index contributed by atoms with van der Waals surface area (Å²) in [6, 6.07) is -0.454. The molecule has 3 N–H and O–H groups in total. The number of likely N-dealkylation sites (N-methyl/N-ethyl adjacent to an activating group) is 1. The van der Waals surface area contributed by atoms with Crippen molar-refractivity contribution in [2.45, 2.75) is 25.8 Å². The number of carbonyl (C=O) groups is 2. The van der Waals surface area contributed by atoms with Gasteiger partial charge in [-0.05, 0) is 26.3 Å². The van der Waals surface area contributed by atoms with Crippen LogP contribution in [0.15, 0.2) is 0 Å². The van der Waals surface area contributed by atoms with E-state index in [9.17, 15) is 9.59 Å². The number of rotatable bonds is 3. The third-order valence-corrected chi connectivity index (χ3v) is 2.67. The van der Waals surface area contributed by atoms with Crippen LogP contribution < -0.4 is 16.0 Å². The van der Waals surface area contributed by atoms with Crippen LogP contribution in [0.4, 0.5) is 0 Å². The molecule has 5 heteroatoms. The molecule has 86 valence electrons. The quantitative estimate of drug-likeness (QED) is 0.577. The van der Waals surface area contributed by atoms with E-state index in [1.807, 2.05) is 0 Å². The molecule has 1 fully saturated rings. The van der Waals surface area contributed by atoms with Crippen molar-refractivity contribution in [3.8, 4) is 0 Å². The predicted octanol–water partition coefficient (Wildman–Crippen LogP) is -0.763.